The third kappa shape index (κ3) is 4.84. The molecule has 9 heteroatoms. The molecule has 0 spiro atoms. The van der Waals surface area contributed by atoms with Crippen LogP contribution in [0.1, 0.15) is 4.88 Å². The molecule has 0 radical (unpaired) electrons. The highest BCUT2D eigenvalue weighted by Gasteiger charge is 2.25. The Bertz CT molecular complexity index is 595. The van der Waals surface area contributed by atoms with E-state index in [1.54, 1.807) is 4.90 Å². The molecule has 0 unspecified atom stereocenters. The van der Waals surface area contributed by atoms with Gasteiger partial charge in [-0.15, -0.1) is 11.3 Å². The number of rotatable bonds is 4. The fraction of sp³-hybridized carbons (Fsp3) is 0.583. The van der Waals surface area contributed by atoms with Crippen LogP contribution in [0.25, 0.3) is 0 Å². The van der Waals surface area contributed by atoms with Crippen LogP contribution >= 0.6 is 22.9 Å². The predicted octanol–water partition coefficient (Wildman–Crippen LogP) is 1.23. The molecule has 2 amide bonds. The smallest absolute Gasteiger partial charge is 0.317 e. The lowest BCUT2D eigenvalue weighted by atomic mass is 10.3. The lowest BCUT2D eigenvalue weighted by molar-refractivity contribution is 0.173. The molecule has 1 fully saturated rings. The Labute approximate surface area is 133 Å². The number of nitrogens with zero attached hydrogens (tertiary/aromatic N) is 2. The Kier molecular flexibility index (Phi) is 5.48. The Balaban J connectivity index is 1.72. The van der Waals surface area contributed by atoms with Gasteiger partial charge in [-0.1, -0.05) is 11.6 Å². The number of urea groups is 1. The van der Waals surface area contributed by atoms with Gasteiger partial charge in [-0.05, 0) is 18.6 Å². The van der Waals surface area contributed by atoms with E-state index in [2.05, 4.69) is 5.32 Å². The highest BCUT2D eigenvalue weighted by molar-refractivity contribution is 7.88. The van der Waals surface area contributed by atoms with Gasteiger partial charge in [0.2, 0.25) is 10.0 Å². The van der Waals surface area contributed by atoms with Crippen molar-refractivity contribution in [3.63, 3.8) is 0 Å². The third-order valence-electron chi connectivity index (χ3n) is 3.27. The quantitative estimate of drug-likeness (QED) is 0.887. The molecule has 1 aromatic heterocycles. The number of carbonyl (C=O) groups is 1. The van der Waals surface area contributed by atoms with Crippen molar-refractivity contribution in [3.05, 3.63) is 21.3 Å². The second-order valence-corrected chi connectivity index (χ2v) is 8.62. The van der Waals surface area contributed by atoms with E-state index in [1.807, 2.05) is 12.1 Å². The van der Waals surface area contributed by atoms with Gasteiger partial charge >= 0.3 is 6.03 Å². The van der Waals surface area contributed by atoms with Crippen molar-refractivity contribution in [1.82, 2.24) is 14.5 Å². The molecule has 21 heavy (non-hydrogen) atoms. The number of nitrogens with one attached hydrogen (secondary N) is 1. The van der Waals surface area contributed by atoms with Gasteiger partial charge in [-0.25, -0.2) is 13.2 Å². The second kappa shape index (κ2) is 6.95. The normalized spacial score (nSPS) is 17.0. The van der Waals surface area contributed by atoms with Crippen molar-refractivity contribution in [2.75, 3.05) is 39.0 Å². The van der Waals surface area contributed by atoms with E-state index in [-0.39, 0.29) is 6.03 Å². The average Bonchev–Trinajstić information content (AvgIpc) is 2.83. The molecule has 0 bridgehead atoms. The number of piperazine rings is 1. The minimum Gasteiger partial charge on any atom is -0.338 e. The first kappa shape index (κ1) is 16.5. The van der Waals surface area contributed by atoms with Crippen LogP contribution in [0.4, 0.5) is 4.79 Å². The standard InChI is InChI=1S/C12H18ClN3O3S2/c1-21(18,19)16-8-6-15(7-9-16)12(17)14-5-4-10-2-3-11(13)20-10/h2-3H,4-9H2,1H3,(H,14,17). The first-order valence-electron chi connectivity index (χ1n) is 6.58. The van der Waals surface area contributed by atoms with Crippen molar-refractivity contribution in [3.8, 4) is 0 Å². The number of halogens is 1. The lowest BCUT2D eigenvalue weighted by Gasteiger charge is -2.33. The van der Waals surface area contributed by atoms with Crippen molar-refractivity contribution in [2.24, 2.45) is 0 Å². The highest BCUT2D eigenvalue weighted by atomic mass is 35.5. The maximum Gasteiger partial charge on any atom is 0.317 e. The maximum absolute atomic E-state index is 12.0. The van der Waals surface area contributed by atoms with Crippen LogP contribution in [0.2, 0.25) is 4.34 Å². The minimum absolute atomic E-state index is 0.147. The minimum atomic E-state index is -3.16. The highest BCUT2D eigenvalue weighted by Crippen LogP contribution is 2.21. The van der Waals surface area contributed by atoms with E-state index >= 15 is 0 Å². The van der Waals surface area contributed by atoms with Crippen LogP contribution in [0.5, 0.6) is 0 Å². The number of amides is 2. The fourth-order valence-electron chi connectivity index (χ4n) is 2.11. The van der Waals surface area contributed by atoms with Crippen LogP contribution in [-0.2, 0) is 16.4 Å². The Hall–Kier alpha value is -0.830. The van der Waals surface area contributed by atoms with E-state index < -0.39 is 10.0 Å². The van der Waals surface area contributed by atoms with E-state index in [9.17, 15) is 13.2 Å². The summed E-state index contributed by atoms with van der Waals surface area (Å²) in [5.74, 6) is 0. The molecule has 0 aromatic carbocycles. The van der Waals surface area contributed by atoms with Crippen LogP contribution in [0.3, 0.4) is 0 Å². The average molecular weight is 352 g/mol. The van der Waals surface area contributed by atoms with Crippen LogP contribution in [0.15, 0.2) is 12.1 Å². The zero-order valence-electron chi connectivity index (χ0n) is 11.7. The summed E-state index contributed by atoms with van der Waals surface area (Å²) in [6.45, 7) is 2.09. The largest absolute Gasteiger partial charge is 0.338 e. The first-order chi connectivity index (χ1) is 9.86. The van der Waals surface area contributed by atoms with Gasteiger partial charge in [0.15, 0.2) is 0 Å². The van der Waals surface area contributed by atoms with Crippen molar-refractivity contribution in [1.29, 1.82) is 0 Å². The van der Waals surface area contributed by atoms with Gasteiger partial charge in [-0.3, -0.25) is 0 Å². The molecule has 0 saturated carbocycles. The first-order valence-corrected chi connectivity index (χ1v) is 9.62. The van der Waals surface area contributed by atoms with Crippen molar-refractivity contribution in [2.45, 2.75) is 6.42 Å². The summed E-state index contributed by atoms with van der Waals surface area (Å²) in [4.78, 5) is 14.7. The van der Waals surface area contributed by atoms with Crippen molar-refractivity contribution < 1.29 is 13.2 Å². The monoisotopic (exact) mass is 351 g/mol. The summed E-state index contributed by atoms with van der Waals surface area (Å²) >= 11 is 7.35. The summed E-state index contributed by atoms with van der Waals surface area (Å²) < 4.78 is 24.9. The Morgan fingerprint density at radius 2 is 2.00 bits per heavy atom. The number of hydrogen-bond acceptors (Lipinski definition) is 4. The molecule has 0 atom stereocenters. The SMILES string of the molecule is CS(=O)(=O)N1CCN(C(=O)NCCc2ccc(Cl)s2)CC1. The molecule has 6 nitrogen and oxygen atoms in total. The topological polar surface area (TPSA) is 69.7 Å². The fourth-order valence-corrected chi connectivity index (χ4v) is 4.03. The molecular formula is C12H18ClN3O3S2. The Morgan fingerprint density at radius 1 is 1.33 bits per heavy atom. The zero-order valence-corrected chi connectivity index (χ0v) is 14.1. The molecular weight excluding hydrogens is 334 g/mol. The molecule has 0 aliphatic carbocycles. The number of sulfonamides is 1. The number of thiophene rings is 1. The number of carbonyl (C=O) groups excluding carboxylic acids is 1. The maximum atomic E-state index is 12.0. The summed E-state index contributed by atoms with van der Waals surface area (Å²) in [5, 5.41) is 2.85. The molecule has 1 aliphatic rings. The summed E-state index contributed by atoms with van der Waals surface area (Å²) in [5.41, 5.74) is 0. The second-order valence-electron chi connectivity index (χ2n) is 4.84. The van der Waals surface area contributed by atoms with Gasteiger partial charge in [-0.2, -0.15) is 4.31 Å². The van der Waals surface area contributed by atoms with Gasteiger partial charge in [0.25, 0.3) is 0 Å². The molecule has 1 N–H and O–H groups in total. The van der Waals surface area contributed by atoms with E-state index in [4.69, 9.17) is 11.6 Å². The number of hydrogen-bond donors (Lipinski definition) is 1. The molecule has 118 valence electrons. The third-order valence-corrected chi connectivity index (χ3v) is 5.87. The van der Waals surface area contributed by atoms with E-state index in [0.29, 0.717) is 32.7 Å². The Morgan fingerprint density at radius 3 is 2.52 bits per heavy atom. The molecule has 2 rings (SSSR count). The lowest BCUT2D eigenvalue weighted by Crippen LogP contribution is -2.53. The molecule has 1 aromatic rings. The van der Waals surface area contributed by atoms with Gasteiger partial charge in [0.05, 0.1) is 10.6 Å². The van der Waals surface area contributed by atoms with Crippen LogP contribution in [0, 0.1) is 0 Å². The molecule has 1 aliphatic heterocycles. The van der Waals surface area contributed by atoms with Crippen LogP contribution in [-0.4, -0.2) is 62.6 Å². The van der Waals surface area contributed by atoms with Crippen molar-refractivity contribution >= 4 is 39.0 Å². The molecule has 1 saturated heterocycles. The van der Waals surface area contributed by atoms with E-state index in [1.165, 1.54) is 21.9 Å². The molecule has 2 heterocycles. The summed E-state index contributed by atoms with van der Waals surface area (Å²) in [7, 11) is -3.16. The zero-order chi connectivity index (χ0) is 15.5. The van der Waals surface area contributed by atoms with Crippen LogP contribution < -0.4 is 5.32 Å². The van der Waals surface area contributed by atoms with Gasteiger partial charge in [0.1, 0.15) is 0 Å². The van der Waals surface area contributed by atoms with Gasteiger partial charge in [0, 0.05) is 37.6 Å². The van der Waals surface area contributed by atoms with E-state index in [0.717, 1.165) is 15.6 Å². The summed E-state index contributed by atoms with van der Waals surface area (Å²) in [6, 6.07) is 3.64. The summed E-state index contributed by atoms with van der Waals surface area (Å²) in [6.07, 6.45) is 1.93. The predicted molar refractivity (Wildman–Crippen MR) is 84.4 cm³/mol. The van der Waals surface area contributed by atoms with Gasteiger partial charge < -0.3 is 10.2 Å².